The van der Waals surface area contributed by atoms with Crippen LogP contribution in [0.25, 0.3) is 5.57 Å². The Morgan fingerprint density at radius 2 is 1.93 bits per heavy atom. The lowest BCUT2D eigenvalue weighted by Gasteiger charge is -2.41. The number of rotatable bonds is 5. The fourth-order valence-electron chi connectivity index (χ4n) is 6.35. The van der Waals surface area contributed by atoms with Gasteiger partial charge in [-0.15, -0.1) is 0 Å². The van der Waals surface area contributed by atoms with E-state index in [4.69, 9.17) is 0 Å². The molecule has 2 fully saturated rings. The molecule has 148 valence electrons. The lowest BCUT2D eigenvalue weighted by Crippen LogP contribution is -2.51. The molecule has 0 amide bonds. The number of para-hydroxylation sites is 1. The smallest absolute Gasteiger partial charge is 0.0446 e. The molecular weight excluding hydrogens is 328 g/mol. The highest BCUT2D eigenvalue weighted by atomic mass is 15.3. The molecule has 0 radical (unpaired) electrons. The Morgan fingerprint density at radius 3 is 2.67 bits per heavy atom. The average Bonchev–Trinajstić information content (AvgIpc) is 3.16. The van der Waals surface area contributed by atoms with Gasteiger partial charge < -0.3 is 10.2 Å². The zero-order valence-corrected chi connectivity index (χ0v) is 18.1. The molecule has 2 unspecified atom stereocenters. The molecule has 2 aliphatic heterocycles. The van der Waals surface area contributed by atoms with Crippen molar-refractivity contribution in [3.8, 4) is 0 Å². The van der Waals surface area contributed by atoms with Crippen molar-refractivity contribution < 1.29 is 0 Å². The van der Waals surface area contributed by atoms with Crippen LogP contribution in [0.15, 0.2) is 30.3 Å². The molecule has 1 N–H and O–H groups in total. The lowest BCUT2D eigenvalue weighted by atomic mass is 9.65. The number of hydrogen-bond donors (Lipinski definition) is 1. The van der Waals surface area contributed by atoms with E-state index in [9.17, 15) is 0 Å². The molecule has 1 aromatic rings. The van der Waals surface area contributed by atoms with E-state index in [1.165, 1.54) is 56.3 Å². The zero-order valence-electron chi connectivity index (χ0n) is 18.1. The van der Waals surface area contributed by atoms with Crippen LogP contribution in [0, 0.1) is 10.8 Å². The van der Waals surface area contributed by atoms with Crippen molar-refractivity contribution in [1.82, 2.24) is 5.32 Å². The third-order valence-corrected chi connectivity index (χ3v) is 6.99. The van der Waals surface area contributed by atoms with Crippen LogP contribution in [0.3, 0.4) is 0 Å². The van der Waals surface area contributed by atoms with Gasteiger partial charge in [0.15, 0.2) is 0 Å². The highest BCUT2D eigenvalue weighted by Crippen LogP contribution is 2.50. The maximum atomic E-state index is 3.87. The second kappa shape index (κ2) is 6.65. The van der Waals surface area contributed by atoms with Crippen LogP contribution in [-0.4, -0.2) is 24.7 Å². The van der Waals surface area contributed by atoms with Crippen molar-refractivity contribution in [1.29, 1.82) is 0 Å². The van der Waals surface area contributed by atoms with Gasteiger partial charge in [0.2, 0.25) is 0 Å². The molecule has 0 spiro atoms. The van der Waals surface area contributed by atoms with E-state index in [1.54, 1.807) is 5.57 Å². The van der Waals surface area contributed by atoms with E-state index in [-0.39, 0.29) is 5.41 Å². The second-order valence-corrected chi connectivity index (χ2v) is 10.9. The number of benzene rings is 1. The van der Waals surface area contributed by atoms with Gasteiger partial charge in [-0.3, -0.25) is 0 Å². The van der Waals surface area contributed by atoms with Crippen molar-refractivity contribution in [2.24, 2.45) is 10.8 Å². The number of hydrogen-bond acceptors (Lipinski definition) is 2. The van der Waals surface area contributed by atoms with Gasteiger partial charge in [0, 0.05) is 35.9 Å². The lowest BCUT2D eigenvalue weighted by molar-refractivity contribution is 0.229. The van der Waals surface area contributed by atoms with Crippen molar-refractivity contribution in [3.05, 3.63) is 35.9 Å². The maximum absolute atomic E-state index is 3.87. The van der Waals surface area contributed by atoms with Crippen LogP contribution in [0.2, 0.25) is 0 Å². The largest absolute Gasteiger partial charge is 0.365 e. The van der Waals surface area contributed by atoms with Gasteiger partial charge in [0.1, 0.15) is 0 Å². The van der Waals surface area contributed by atoms with E-state index in [1.807, 2.05) is 0 Å². The first kappa shape index (κ1) is 19.1. The Labute approximate surface area is 166 Å². The Kier molecular flexibility index (Phi) is 4.70. The number of fused-ring (bicyclic) bond motifs is 2. The van der Waals surface area contributed by atoms with Gasteiger partial charge in [0.25, 0.3) is 0 Å². The molecule has 2 heteroatoms. The molecule has 0 saturated carbocycles. The number of unbranched alkanes of at least 4 members (excludes halogenated alkanes) is 1. The highest BCUT2D eigenvalue weighted by Gasteiger charge is 2.49. The van der Waals surface area contributed by atoms with Crippen molar-refractivity contribution in [2.45, 2.75) is 84.7 Å². The van der Waals surface area contributed by atoms with Crippen LogP contribution in [0.4, 0.5) is 5.69 Å². The number of nitrogens with zero attached hydrogens (tertiary/aromatic N) is 1. The normalized spacial score (nSPS) is 31.2. The summed E-state index contributed by atoms with van der Waals surface area (Å²) in [7, 11) is 0. The monoisotopic (exact) mass is 366 g/mol. The molecule has 27 heavy (non-hydrogen) atoms. The predicted octanol–water partition coefficient (Wildman–Crippen LogP) is 6.03. The standard InChI is InChI=1S/C25H38N2/c1-6-7-12-25-15-20(16-26-25)27(18-25)22-11-9-8-10-21(22)19-13-23(2,3)17-24(4,5)14-19/h8-11,13,20,26H,6-7,12,14-18H2,1-5H3. The summed E-state index contributed by atoms with van der Waals surface area (Å²) in [6.07, 6.45) is 10.3. The summed E-state index contributed by atoms with van der Waals surface area (Å²) < 4.78 is 0. The van der Waals surface area contributed by atoms with Crippen LogP contribution in [0.5, 0.6) is 0 Å². The van der Waals surface area contributed by atoms with Crippen molar-refractivity contribution >= 4 is 11.3 Å². The van der Waals surface area contributed by atoms with Crippen molar-refractivity contribution in [2.75, 3.05) is 18.0 Å². The summed E-state index contributed by atoms with van der Waals surface area (Å²) in [4.78, 5) is 2.73. The van der Waals surface area contributed by atoms with E-state index >= 15 is 0 Å². The Bertz CT molecular complexity index is 730. The van der Waals surface area contributed by atoms with Gasteiger partial charge in [-0.1, -0.05) is 71.7 Å². The molecule has 2 atom stereocenters. The minimum Gasteiger partial charge on any atom is -0.365 e. The van der Waals surface area contributed by atoms with Crippen LogP contribution in [-0.2, 0) is 0 Å². The van der Waals surface area contributed by atoms with Crippen LogP contribution < -0.4 is 10.2 Å². The number of anilines is 1. The summed E-state index contributed by atoms with van der Waals surface area (Å²) in [6, 6.07) is 9.87. The molecule has 2 heterocycles. The number of piperazine rings is 1. The van der Waals surface area contributed by atoms with E-state index in [0.29, 0.717) is 17.0 Å². The first-order valence-electron chi connectivity index (χ1n) is 11.1. The van der Waals surface area contributed by atoms with Gasteiger partial charge in [-0.25, -0.2) is 0 Å². The first-order chi connectivity index (χ1) is 12.7. The first-order valence-corrected chi connectivity index (χ1v) is 11.1. The second-order valence-electron chi connectivity index (χ2n) is 10.9. The Balaban J connectivity index is 1.66. The minimum atomic E-state index is 0.276. The van der Waals surface area contributed by atoms with Crippen molar-refractivity contribution in [3.63, 3.8) is 0 Å². The topological polar surface area (TPSA) is 15.3 Å². The summed E-state index contributed by atoms with van der Waals surface area (Å²) >= 11 is 0. The fraction of sp³-hybridized carbons (Fsp3) is 0.680. The third-order valence-electron chi connectivity index (χ3n) is 6.99. The number of allylic oxidation sites excluding steroid dienone is 2. The van der Waals surface area contributed by atoms with E-state index in [2.05, 4.69) is 75.2 Å². The Hall–Kier alpha value is -1.28. The minimum absolute atomic E-state index is 0.276. The van der Waals surface area contributed by atoms with Crippen LogP contribution >= 0.6 is 0 Å². The van der Waals surface area contributed by atoms with Crippen LogP contribution in [0.1, 0.15) is 78.7 Å². The maximum Gasteiger partial charge on any atom is 0.0446 e. The van der Waals surface area contributed by atoms with E-state index < -0.39 is 0 Å². The number of nitrogens with one attached hydrogen (secondary N) is 1. The summed E-state index contributed by atoms with van der Waals surface area (Å²) in [5.41, 5.74) is 5.52. The fourth-order valence-corrected chi connectivity index (χ4v) is 6.35. The van der Waals surface area contributed by atoms with Gasteiger partial charge in [-0.2, -0.15) is 0 Å². The molecule has 2 nitrogen and oxygen atoms in total. The SMILES string of the molecule is CCCCC12CC(CN1)N(c1ccccc1C1=CC(C)(C)CC(C)(C)C1)C2. The molecular formula is C25H38N2. The predicted molar refractivity (Wildman–Crippen MR) is 117 cm³/mol. The van der Waals surface area contributed by atoms with Gasteiger partial charge in [-0.05, 0) is 48.2 Å². The molecule has 2 saturated heterocycles. The third kappa shape index (κ3) is 3.70. The summed E-state index contributed by atoms with van der Waals surface area (Å²) in [5.74, 6) is 0. The molecule has 3 aliphatic rings. The quantitative estimate of drug-likeness (QED) is 0.685. The van der Waals surface area contributed by atoms with Gasteiger partial charge >= 0.3 is 0 Å². The molecule has 1 aliphatic carbocycles. The van der Waals surface area contributed by atoms with E-state index in [0.717, 1.165) is 6.54 Å². The average molecular weight is 367 g/mol. The molecule has 4 rings (SSSR count). The molecule has 1 aromatic carbocycles. The highest BCUT2D eigenvalue weighted by molar-refractivity contribution is 5.79. The molecule has 0 aromatic heterocycles. The van der Waals surface area contributed by atoms with Gasteiger partial charge in [0.05, 0.1) is 0 Å². The Morgan fingerprint density at radius 1 is 1.15 bits per heavy atom. The zero-order chi connectivity index (χ0) is 19.3. The summed E-state index contributed by atoms with van der Waals surface area (Å²) in [6.45, 7) is 14.3. The summed E-state index contributed by atoms with van der Waals surface area (Å²) in [5, 5.41) is 3.87. The molecule has 2 bridgehead atoms.